The van der Waals surface area contributed by atoms with Crippen molar-refractivity contribution in [3.8, 4) is 11.3 Å². The Bertz CT molecular complexity index is 886. The molecule has 0 atom stereocenters. The van der Waals surface area contributed by atoms with Crippen LogP contribution < -0.4 is 0 Å². The van der Waals surface area contributed by atoms with Gasteiger partial charge in [0.2, 0.25) is 11.7 Å². The van der Waals surface area contributed by atoms with Gasteiger partial charge in [0.1, 0.15) is 5.69 Å². The van der Waals surface area contributed by atoms with Gasteiger partial charge in [-0.25, -0.2) is 0 Å². The third-order valence-corrected chi connectivity index (χ3v) is 6.45. The highest BCUT2D eigenvalue weighted by Gasteiger charge is 2.32. The van der Waals surface area contributed by atoms with Crippen LogP contribution in [0.3, 0.4) is 0 Å². The molecule has 4 heterocycles. The van der Waals surface area contributed by atoms with Gasteiger partial charge in [-0.1, -0.05) is 18.0 Å². The van der Waals surface area contributed by atoms with Crippen LogP contribution in [0.5, 0.6) is 0 Å². The van der Waals surface area contributed by atoms with Crippen LogP contribution in [0, 0.1) is 12.8 Å². The molecule has 2 aliphatic rings. The van der Waals surface area contributed by atoms with Gasteiger partial charge in [-0.05, 0) is 39.5 Å². The largest absolute Gasteiger partial charge is 0.350 e. The number of hydrogen-bond donors (Lipinski definition) is 0. The van der Waals surface area contributed by atoms with Crippen molar-refractivity contribution < 1.29 is 14.1 Å². The fraction of sp³-hybridized carbons (Fsp3) is 0.636. The maximum atomic E-state index is 12.9. The summed E-state index contributed by atoms with van der Waals surface area (Å²) in [5.41, 5.74) is 2.50. The Kier molecular flexibility index (Phi) is 6.20. The van der Waals surface area contributed by atoms with Crippen LogP contribution in [0.2, 0.25) is 0 Å². The van der Waals surface area contributed by atoms with Gasteiger partial charge >= 0.3 is 0 Å². The Morgan fingerprint density at radius 1 is 1.07 bits per heavy atom. The minimum atomic E-state index is -0.157. The molecule has 0 unspecified atom stereocenters. The Labute approximate surface area is 177 Å². The molecule has 0 aliphatic carbocycles. The first kappa shape index (κ1) is 20.6. The van der Waals surface area contributed by atoms with Crippen LogP contribution in [-0.2, 0) is 11.3 Å². The van der Waals surface area contributed by atoms with E-state index in [-0.39, 0.29) is 23.5 Å². The Morgan fingerprint density at radius 3 is 2.40 bits per heavy atom. The number of nitrogens with zero attached hydrogens (tertiary/aromatic N) is 5. The molecule has 0 N–H and O–H groups in total. The average molecular weight is 414 g/mol. The van der Waals surface area contributed by atoms with E-state index in [4.69, 9.17) is 4.52 Å². The molecular weight excluding hydrogens is 382 g/mol. The Morgan fingerprint density at radius 2 is 1.77 bits per heavy atom. The zero-order valence-electron chi connectivity index (χ0n) is 18.0. The molecule has 30 heavy (non-hydrogen) atoms. The van der Waals surface area contributed by atoms with Crippen molar-refractivity contribution in [1.82, 2.24) is 24.7 Å². The van der Waals surface area contributed by atoms with Gasteiger partial charge in [-0.2, -0.15) is 5.10 Å². The van der Waals surface area contributed by atoms with E-state index in [0.717, 1.165) is 43.7 Å². The zero-order chi connectivity index (χ0) is 21.1. The molecule has 2 aromatic heterocycles. The van der Waals surface area contributed by atoms with Gasteiger partial charge in [0.25, 0.3) is 5.91 Å². The van der Waals surface area contributed by atoms with E-state index in [1.54, 1.807) is 17.2 Å². The number of carbonyl (C=O) groups excluding carboxylic acids is 2. The normalized spacial score (nSPS) is 18.5. The standard InChI is InChI=1S/C22H31N5O3/c1-3-27-16(2)18(15-23-27)19-14-20(30-24-19)22(29)26-12-8-17(9-13-26)21(28)25-10-6-4-5-7-11-25/h14-15,17H,3-13H2,1-2H3. The fourth-order valence-corrected chi connectivity index (χ4v) is 4.55. The molecule has 2 aromatic rings. The zero-order valence-corrected chi connectivity index (χ0v) is 18.0. The lowest BCUT2D eigenvalue weighted by molar-refractivity contribution is -0.136. The maximum absolute atomic E-state index is 12.9. The molecule has 4 rings (SSSR count). The van der Waals surface area contributed by atoms with Crippen molar-refractivity contribution in [1.29, 1.82) is 0 Å². The van der Waals surface area contributed by atoms with Gasteiger partial charge in [0.05, 0.1) is 6.20 Å². The number of carbonyl (C=O) groups is 2. The molecule has 2 aliphatic heterocycles. The molecule has 2 saturated heterocycles. The second-order valence-electron chi connectivity index (χ2n) is 8.34. The van der Waals surface area contributed by atoms with Gasteiger partial charge in [-0.15, -0.1) is 0 Å². The minimum Gasteiger partial charge on any atom is -0.350 e. The SMILES string of the molecule is CCn1ncc(-c2cc(C(=O)N3CCC(C(=O)N4CCCCCC4)CC3)on2)c1C. The molecule has 2 fully saturated rings. The summed E-state index contributed by atoms with van der Waals surface area (Å²) in [6.45, 7) is 7.70. The summed E-state index contributed by atoms with van der Waals surface area (Å²) >= 11 is 0. The van der Waals surface area contributed by atoms with E-state index in [0.29, 0.717) is 31.6 Å². The Balaban J connectivity index is 1.36. The molecule has 0 radical (unpaired) electrons. The topological polar surface area (TPSA) is 84.5 Å². The molecule has 0 saturated carbocycles. The van der Waals surface area contributed by atoms with Gasteiger partial charge in [0.15, 0.2) is 0 Å². The summed E-state index contributed by atoms with van der Waals surface area (Å²) in [6.07, 6.45) is 7.82. The number of rotatable bonds is 4. The van der Waals surface area contributed by atoms with E-state index < -0.39 is 0 Å². The van der Waals surface area contributed by atoms with Crippen molar-refractivity contribution >= 4 is 11.8 Å². The average Bonchev–Trinajstić information content (AvgIpc) is 3.30. The lowest BCUT2D eigenvalue weighted by Gasteiger charge is -2.33. The second kappa shape index (κ2) is 9.02. The van der Waals surface area contributed by atoms with Crippen molar-refractivity contribution in [2.45, 2.75) is 58.9 Å². The highest BCUT2D eigenvalue weighted by molar-refractivity contribution is 5.92. The molecule has 162 valence electrons. The third-order valence-electron chi connectivity index (χ3n) is 6.45. The van der Waals surface area contributed by atoms with Gasteiger partial charge in [-0.3, -0.25) is 14.3 Å². The first-order chi connectivity index (χ1) is 14.6. The van der Waals surface area contributed by atoms with Crippen molar-refractivity contribution in [2.75, 3.05) is 26.2 Å². The molecule has 8 nitrogen and oxygen atoms in total. The predicted octanol–water partition coefficient (Wildman–Crippen LogP) is 3.12. The number of likely N-dealkylation sites (tertiary alicyclic amines) is 2. The van der Waals surface area contributed by atoms with E-state index in [1.165, 1.54) is 12.8 Å². The summed E-state index contributed by atoms with van der Waals surface area (Å²) in [4.78, 5) is 29.6. The van der Waals surface area contributed by atoms with Gasteiger partial charge in [0, 0.05) is 56.0 Å². The van der Waals surface area contributed by atoms with Crippen LogP contribution >= 0.6 is 0 Å². The molecule has 8 heteroatoms. The van der Waals surface area contributed by atoms with Crippen LogP contribution in [0.4, 0.5) is 0 Å². The number of aromatic nitrogens is 3. The van der Waals surface area contributed by atoms with Crippen molar-refractivity contribution in [3.05, 3.63) is 23.7 Å². The molecular formula is C22H31N5O3. The lowest BCUT2D eigenvalue weighted by atomic mass is 9.95. The van der Waals surface area contributed by atoms with Crippen molar-refractivity contribution in [3.63, 3.8) is 0 Å². The van der Waals surface area contributed by atoms with Crippen LogP contribution in [-0.4, -0.2) is 62.7 Å². The summed E-state index contributed by atoms with van der Waals surface area (Å²) in [6, 6.07) is 1.70. The predicted molar refractivity (Wildman–Crippen MR) is 112 cm³/mol. The number of aryl methyl sites for hydroxylation is 1. The summed E-state index contributed by atoms with van der Waals surface area (Å²) in [5, 5.41) is 8.41. The monoisotopic (exact) mass is 413 g/mol. The fourth-order valence-electron chi connectivity index (χ4n) is 4.55. The van der Waals surface area contributed by atoms with Crippen LogP contribution in [0.1, 0.15) is 61.7 Å². The first-order valence-corrected chi connectivity index (χ1v) is 11.2. The molecule has 2 amide bonds. The number of amides is 2. The molecule has 0 bridgehead atoms. The number of hydrogen-bond acceptors (Lipinski definition) is 5. The molecule has 0 spiro atoms. The lowest BCUT2D eigenvalue weighted by Crippen LogP contribution is -2.44. The van der Waals surface area contributed by atoms with E-state index in [2.05, 4.69) is 10.3 Å². The van der Waals surface area contributed by atoms with E-state index in [9.17, 15) is 9.59 Å². The van der Waals surface area contributed by atoms with E-state index in [1.807, 2.05) is 23.4 Å². The summed E-state index contributed by atoms with van der Waals surface area (Å²) in [7, 11) is 0. The van der Waals surface area contributed by atoms with E-state index >= 15 is 0 Å². The Hall–Kier alpha value is -2.64. The summed E-state index contributed by atoms with van der Waals surface area (Å²) < 4.78 is 7.25. The second-order valence-corrected chi connectivity index (χ2v) is 8.34. The van der Waals surface area contributed by atoms with Crippen molar-refractivity contribution in [2.24, 2.45) is 5.92 Å². The van der Waals surface area contributed by atoms with Gasteiger partial charge < -0.3 is 14.3 Å². The quantitative estimate of drug-likeness (QED) is 0.769. The maximum Gasteiger partial charge on any atom is 0.292 e. The summed E-state index contributed by atoms with van der Waals surface area (Å²) in [5.74, 6) is 0.384. The van der Waals surface area contributed by atoms with Crippen LogP contribution in [0.15, 0.2) is 16.8 Å². The number of piperidine rings is 1. The smallest absolute Gasteiger partial charge is 0.292 e. The third kappa shape index (κ3) is 4.13. The highest BCUT2D eigenvalue weighted by atomic mass is 16.5. The minimum absolute atomic E-state index is 0.0277. The highest BCUT2D eigenvalue weighted by Crippen LogP contribution is 2.26. The first-order valence-electron chi connectivity index (χ1n) is 11.2. The molecule has 0 aromatic carbocycles. The van der Waals surface area contributed by atoms with Crippen LogP contribution in [0.25, 0.3) is 11.3 Å².